The molecule has 0 atom stereocenters. The Kier molecular flexibility index (Phi) is 3.23. The van der Waals surface area contributed by atoms with Crippen LogP contribution in [0.1, 0.15) is 38.1 Å². The maximum atomic E-state index is 12.4. The van der Waals surface area contributed by atoms with Gasteiger partial charge < -0.3 is 4.90 Å². The van der Waals surface area contributed by atoms with E-state index in [4.69, 9.17) is 0 Å². The summed E-state index contributed by atoms with van der Waals surface area (Å²) in [5, 5.41) is 0. The highest BCUT2D eigenvalue weighted by atomic mass is 32.2. The zero-order valence-electron chi connectivity index (χ0n) is 11.1. The van der Waals surface area contributed by atoms with E-state index in [1.807, 2.05) is 44.7 Å². The largest absolute Gasteiger partial charge is 0.308 e. The summed E-state index contributed by atoms with van der Waals surface area (Å²) >= 11 is 1.52. The van der Waals surface area contributed by atoms with Crippen molar-refractivity contribution in [2.75, 3.05) is 4.90 Å². The number of hydrogen-bond acceptors (Lipinski definition) is 3. The zero-order valence-corrected chi connectivity index (χ0v) is 11.9. The minimum Gasteiger partial charge on any atom is -0.308 e. The molecule has 0 saturated carbocycles. The lowest BCUT2D eigenvalue weighted by atomic mass is 10.1. The molecule has 0 radical (unpaired) electrons. The number of benzene rings is 1. The van der Waals surface area contributed by atoms with Crippen LogP contribution in [0.3, 0.4) is 0 Å². The van der Waals surface area contributed by atoms with Crippen LogP contribution in [0.15, 0.2) is 23.1 Å². The molecule has 0 fully saturated rings. The van der Waals surface area contributed by atoms with Gasteiger partial charge in [0.1, 0.15) is 6.29 Å². The van der Waals surface area contributed by atoms with Crippen molar-refractivity contribution in [1.82, 2.24) is 0 Å². The van der Waals surface area contributed by atoms with E-state index in [-0.39, 0.29) is 11.9 Å². The van der Waals surface area contributed by atoms with Crippen molar-refractivity contribution in [3.05, 3.63) is 23.8 Å². The third-order valence-corrected chi connectivity index (χ3v) is 4.23. The molecule has 1 amide bonds. The molecule has 0 spiro atoms. The van der Waals surface area contributed by atoms with Gasteiger partial charge in [-0.1, -0.05) is 0 Å². The van der Waals surface area contributed by atoms with E-state index in [0.29, 0.717) is 5.56 Å². The standard InChI is InChI=1S/C14H17NO2S/c1-9(2)15-11-6-5-10(8-16)7-12(11)18-14(3,4)13(15)17/h5-9H,1-4H3. The van der Waals surface area contributed by atoms with Crippen LogP contribution in [0.25, 0.3) is 0 Å². The van der Waals surface area contributed by atoms with Crippen molar-refractivity contribution in [1.29, 1.82) is 0 Å². The van der Waals surface area contributed by atoms with Crippen LogP contribution in [0.5, 0.6) is 0 Å². The highest BCUT2D eigenvalue weighted by molar-refractivity contribution is 8.01. The Hall–Kier alpha value is -1.29. The minimum absolute atomic E-state index is 0.110. The number of anilines is 1. The smallest absolute Gasteiger partial charge is 0.243 e. The van der Waals surface area contributed by atoms with Gasteiger partial charge in [0.05, 0.1) is 10.4 Å². The molecule has 0 bridgehead atoms. The summed E-state index contributed by atoms with van der Waals surface area (Å²) in [6.45, 7) is 7.85. The lowest BCUT2D eigenvalue weighted by Gasteiger charge is -2.40. The summed E-state index contributed by atoms with van der Waals surface area (Å²) < 4.78 is -0.487. The Morgan fingerprint density at radius 1 is 1.33 bits per heavy atom. The van der Waals surface area contributed by atoms with E-state index < -0.39 is 4.75 Å². The minimum atomic E-state index is -0.487. The number of carbonyl (C=O) groups is 2. The molecule has 1 aromatic carbocycles. The molecule has 1 aromatic rings. The lowest BCUT2D eigenvalue weighted by molar-refractivity contribution is -0.120. The molecule has 3 nitrogen and oxygen atoms in total. The van der Waals surface area contributed by atoms with E-state index in [9.17, 15) is 9.59 Å². The maximum absolute atomic E-state index is 12.4. The van der Waals surface area contributed by atoms with Crippen LogP contribution in [0, 0.1) is 0 Å². The number of nitrogens with zero attached hydrogens (tertiary/aromatic N) is 1. The van der Waals surface area contributed by atoms with E-state index in [1.54, 1.807) is 6.07 Å². The number of thioether (sulfide) groups is 1. The lowest BCUT2D eigenvalue weighted by Crippen LogP contribution is -2.49. The quantitative estimate of drug-likeness (QED) is 0.769. The average Bonchev–Trinajstić information content (AvgIpc) is 2.29. The fourth-order valence-electron chi connectivity index (χ4n) is 2.12. The third kappa shape index (κ3) is 2.05. The molecule has 0 saturated heterocycles. The summed E-state index contributed by atoms with van der Waals surface area (Å²) in [6.07, 6.45) is 0.837. The first-order valence-corrected chi connectivity index (χ1v) is 6.80. The fourth-order valence-corrected chi connectivity index (χ4v) is 3.32. The highest BCUT2D eigenvalue weighted by Gasteiger charge is 2.40. The Bertz CT molecular complexity index is 509. The first-order chi connectivity index (χ1) is 8.36. The monoisotopic (exact) mass is 263 g/mol. The molecular weight excluding hydrogens is 246 g/mol. The van der Waals surface area contributed by atoms with E-state index in [0.717, 1.165) is 16.9 Å². The Labute approximate surface area is 112 Å². The third-order valence-electron chi connectivity index (χ3n) is 2.99. The predicted octanol–water partition coefficient (Wildman–Crippen LogP) is 3.12. The molecule has 1 aliphatic heterocycles. The topological polar surface area (TPSA) is 37.4 Å². The number of carbonyl (C=O) groups excluding carboxylic acids is 2. The molecular formula is C14H17NO2S. The second-order valence-corrected chi connectivity index (χ2v) is 6.89. The molecule has 1 heterocycles. The Morgan fingerprint density at radius 2 is 2.00 bits per heavy atom. The summed E-state index contributed by atoms with van der Waals surface area (Å²) in [4.78, 5) is 26.1. The van der Waals surface area contributed by atoms with Crippen LogP contribution >= 0.6 is 11.8 Å². The molecule has 4 heteroatoms. The number of amides is 1. The van der Waals surface area contributed by atoms with Gasteiger partial charge in [0.15, 0.2) is 0 Å². The van der Waals surface area contributed by atoms with Gasteiger partial charge in [0.2, 0.25) is 5.91 Å². The van der Waals surface area contributed by atoms with Crippen molar-refractivity contribution in [3.63, 3.8) is 0 Å². The number of fused-ring (bicyclic) bond motifs is 1. The molecule has 18 heavy (non-hydrogen) atoms. The van der Waals surface area contributed by atoms with Gasteiger partial charge in [-0.25, -0.2) is 0 Å². The van der Waals surface area contributed by atoms with Crippen molar-refractivity contribution in [2.45, 2.75) is 43.4 Å². The molecule has 2 rings (SSSR count). The summed E-state index contributed by atoms with van der Waals surface area (Å²) in [7, 11) is 0. The van der Waals surface area contributed by atoms with Gasteiger partial charge in [-0.05, 0) is 45.9 Å². The fraction of sp³-hybridized carbons (Fsp3) is 0.429. The normalized spacial score (nSPS) is 17.8. The predicted molar refractivity (Wildman–Crippen MR) is 74.4 cm³/mol. The van der Waals surface area contributed by atoms with Crippen LogP contribution in [0.2, 0.25) is 0 Å². The molecule has 96 valence electrons. The highest BCUT2D eigenvalue weighted by Crippen LogP contribution is 2.45. The SMILES string of the molecule is CC(C)N1C(=O)C(C)(C)Sc2cc(C=O)ccc21. The number of rotatable bonds is 2. The number of hydrogen-bond donors (Lipinski definition) is 0. The van der Waals surface area contributed by atoms with Gasteiger partial charge in [0, 0.05) is 16.5 Å². The summed E-state index contributed by atoms with van der Waals surface area (Å²) in [6, 6.07) is 5.59. The van der Waals surface area contributed by atoms with Gasteiger partial charge >= 0.3 is 0 Å². The van der Waals surface area contributed by atoms with Crippen molar-refractivity contribution in [2.24, 2.45) is 0 Å². The molecule has 0 aromatic heterocycles. The molecule has 0 aliphatic carbocycles. The van der Waals surface area contributed by atoms with Gasteiger partial charge in [-0.15, -0.1) is 11.8 Å². The molecule has 0 N–H and O–H groups in total. The Balaban J connectivity index is 2.59. The van der Waals surface area contributed by atoms with Gasteiger partial charge in [0.25, 0.3) is 0 Å². The second kappa shape index (κ2) is 4.43. The average molecular weight is 263 g/mol. The van der Waals surface area contributed by atoms with E-state index in [1.165, 1.54) is 11.8 Å². The van der Waals surface area contributed by atoms with E-state index in [2.05, 4.69) is 0 Å². The number of aldehydes is 1. The van der Waals surface area contributed by atoms with Gasteiger partial charge in [-0.3, -0.25) is 9.59 Å². The maximum Gasteiger partial charge on any atom is 0.243 e. The first-order valence-electron chi connectivity index (χ1n) is 5.98. The van der Waals surface area contributed by atoms with Crippen LogP contribution in [-0.4, -0.2) is 23.0 Å². The van der Waals surface area contributed by atoms with Crippen molar-refractivity contribution < 1.29 is 9.59 Å². The molecule has 0 unspecified atom stereocenters. The van der Waals surface area contributed by atoms with Crippen LogP contribution in [-0.2, 0) is 4.79 Å². The van der Waals surface area contributed by atoms with Crippen molar-refractivity contribution in [3.8, 4) is 0 Å². The van der Waals surface area contributed by atoms with Gasteiger partial charge in [-0.2, -0.15) is 0 Å². The molecule has 1 aliphatic rings. The van der Waals surface area contributed by atoms with Crippen molar-refractivity contribution >= 4 is 29.6 Å². The second-order valence-electron chi connectivity index (χ2n) is 5.23. The van der Waals surface area contributed by atoms with Crippen LogP contribution in [0.4, 0.5) is 5.69 Å². The zero-order chi connectivity index (χ0) is 13.5. The van der Waals surface area contributed by atoms with E-state index >= 15 is 0 Å². The summed E-state index contributed by atoms with van der Waals surface area (Å²) in [5.41, 5.74) is 1.56. The Morgan fingerprint density at radius 3 is 2.56 bits per heavy atom. The first kappa shape index (κ1) is 13.1. The van der Waals surface area contributed by atoms with Crippen LogP contribution < -0.4 is 4.90 Å². The summed E-state index contributed by atoms with van der Waals surface area (Å²) in [5.74, 6) is 0.119.